The Labute approximate surface area is 120 Å². The number of likely N-dealkylation sites (N-methyl/N-ethyl adjacent to an activating group) is 2. The van der Waals surface area contributed by atoms with E-state index in [9.17, 15) is 0 Å². The fraction of sp³-hybridized carbons (Fsp3) is 0.786. The summed E-state index contributed by atoms with van der Waals surface area (Å²) in [5.41, 5.74) is 0. The van der Waals surface area contributed by atoms with Gasteiger partial charge in [-0.25, -0.2) is 4.98 Å². The van der Waals surface area contributed by atoms with Crippen molar-refractivity contribution in [2.24, 2.45) is 0 Å². The second-order valence-corrected chi connectivity index (χ2v) is 6.65. The van der Waals surface area contributed by atoms with Crippen LogP contribution in [0.25, 0.3) is 0 Å². The summed E-state index contributed by atoms with van der Waals surface area (Å²) in [6.45, 7) is 6.61. The smallest absolute Gasteiger partial charge is 0.182 e. The van der Waals surface area contributed by atoms with E-state index in [4.69, 9.17) is 0 Å². The lowest BCUT2D eigenvalue weighted by atomic mass is 10.2. The third-order valence-corrected chi connectivity index (χ3v) is 4.64. The number of nitrogens with zero attached hydrogens (tertiary/aromatic N) is 3. The van der Waals surface area contributed by atoms with Gasteiger partial charge in [-0.05, 0) is 39.9 Å². The van der Waals surface area contributed by atoms with E-state index in [1.54, 1.807) is 11.3 Å². The topological polar surface area (TPSA) is 31.4 Å². The number of rotatable bonds is 7. The molecule has 108 valence electrons. The first kappa shape index (κ1) is 14.8. The second-order valence-electron chi connectivity index (χ2n) is 5.53. The molecule has 0 spiro atoms. The highest BCUT2D eigenvalue weighted by molar-refractivity contribution is 7.15. The summed E-state index contributed by atoms with van der Waals surface area (Å²) in [5, 5.41) is 4.41. The van der Waals surface area contributed by atoms with Crippen molar-refractivity contribution in [3.8, 4) is 0 Å². The molecule has 0 bridgehead atoms. The molecule has 0 radical (unpaired) electrons. The molecule has 2 rings (SSSR count). The molecule has 1 atom stereocenters. The molecular weight excluding hydrogens is 256 g/mol. The van der Waals surface area contributed by atoms with Crippen LogP contribution in [0.4, 0.5) is 5.13 Å². The Kier molecular flexibility index (Phi) is 5.60. The zero-order valence-corrected chi connectivity index (χ0v) is 13.2. The van der Waals surface area contributed by atoms with Gasteiger partial charge >= 0.3 is 0 Å². The number of likely N-dealkylation sites (tertiary alicyclic amines) is 1. The Morgan fingerprint density at radius 2 is 2.42 bits per heavy atom. The first-order valence-electron chi connectivity index (χ1n) is 7.26. The van der Waals surface area contributed by atoms with Gasteiger partial charge in [-0.15, -0.1) is 11.3 Å². The zero-order chi connectivity index (χ0) is 13.7. The summed E-state index contributed by atoms with van der Waals surface area (Å²) in [5.74, 6) is 0. The number of hydrogen-bond acceptors (Lipinski definition) is 5. The van der Waals surface area contributed by atoms with Gasteiger partial charge in [-0.2, -0.15) is 0 Å². The van der Waals surface area contributed by atoms with Crippen molar-refractivity contribution < 1.29 is 0 Å². The quantitative estimate of drug-likeness (QED) is 0.832. The Bertz CT molecular complexity index is 379. The molecule has 19 heavy (non-hydrogen) atoms. The van der Waals surface area contributed by atoms with Gasteiger partial charge in [0.2, 0.25) is 0 Å². The minimum Gasteiger partial charge on any atom is -0.362 e. The fourth-order valence-corrected chi connectivity index (χ4v) is 3.51. The van der Waals surface area contributed by atoms with Crippen LogP contribution >= 0.6 is 11.3 Å². The Morgan fingerprint density at radius 1 is 1.58 bits per heavy atom. The van der Waals surface area contributed by atoms with Gasteiger partial charge in [-0.3, -0.25) is 4.90 Å². The predicted molar refractivity (Wildman–Crippen MR) is 82.9 cm³/mol. The molecule has 0 saturated carbocycles. The van der Waals surface area contributed by atoms with Crippen LogP contribution < -0.4 is 5.32 Å². The van der Waals surface area contributed by atoms with E-state index in [0.717, 1.165) is 37.2 Å². The Balaban J connectivity index is 1.78. The first-order chi connectivity index (χ1) is 9.19. The van der Waals surface area contributed by atoms with Gasteiger partial charge < -0.3 is 10.2 Å². The van der Waals surface area contributed by atoms with E-state index in [1.807, 2.05) is 6.20 Å². The fourth-order valence-electron chi connectivity index (χ4n) is 2.59. The minimum absolute atomic E-state index is 0.732. The lowest BCUT2D eigenvalue weighted by Crippen LogP contribution is -2.36. The molecule has 1 saturated heterocycles. The molecule has 1 N–H and O–H groups in total. The molecule has 1 aromatic heterocycles. The first-order valence-corrected chi connectivity index (χ1v) is 8.08. The normalized spacial score (nSPS) is 20.3. The van der Waals surface area contributed by atoms with Crippen LogP contribution in [0.1, 0.15) is 31.1 Å². The molecule has 1 aliphatic heterocycles. The van der Waals surface area contributed by atoms with Crippen molar-refractivity contribution >= 4 is 16.5 Å². The molecule has 1 aromatic rings. The van der Waals surface area contributed by atoms with Crippen LogP contribution in [0.15, 0.2) is 6.20 Å². The maximum absolute atomic E-state index is 4.42. The second kappa shape index (κ2) is 7.22. The van der Waals surface area contributed by atoms with Gasteiger partial charge in [0, 0.05) is 36.8 Å². The van der Waals surface area contributed by atoms with Gasteiger partial charge in [0.05, 0.1) is 0 Å². The number of anilines is 1. The summed E-state index contributed by atoms with van der Waals surface area (Å²) in [7, 11) is 4.45. The SMILES string of the molecule is CCCNc1ncc(CN(C)CC2CCCN2C)s1. The van der Waals surface area contributed by atoms with Gasteiger partial charge in [-0.1, -0.05) is 6.92 Å². The standard InChI is InChI=1S/C14H26N4S/c1-4-7-15-14-16-9-13(19-14)11-17(2)10-12-6-5-8-18(12)3/h9,12H,4-8,10-11H2,1-3H3,(H,15,16). The molecule has 1 fully saturated rings. The van der Waals surface area contributed by atoms with Gasteiger partial charge in [0.15, 0.2) is 5.13 Å². The maximum Gasteiger partial charge on any atom is 0.182 e. The lowest BCUT2D eigenvalue weighted by molar-refractivity contribution is 0.216. The third-order valence-electron chi connectivity index (χ3n) is 3.70. The monoisotopic (exact) mass is 282 g/mol. The third kappa shape index (κ3) is 4.44. The zero-order valence-electron chi connectivity index (χ0n) is 12.4. The van der Waals surface area contributed by atoms with Crippen molar-refractivity contribution in [2.45, 2.75) is 38.8 Å². The predicted octanol–water partition coefficient (Wildman–Crippen LogP) is 2.49. The highest BCUT2D eigenvalue weighted by Gasteiger charge is 2.22. The molecule has 4 nitrogen and oxygen atoms in total. The minimum atomic E-state index is 0.732. The molecule has 2 heterocycles. The Hall–Kier alpha value is -0.650. The number of thiazole rings is 1. The van der Waals surface area contributed by atoms with Crippen LogP contribution in [0, 0.1) is 0 Å². The molecule has 5 heteroatoms. The molecule has 1 unspecified atom stereocenters. The average molecular weight is 282 g/mol. The van der Waals surface area contributed by atoms with Crippen molar-refractivity contribution in [3.05, 3.63) is 11.1 Å². The van der Waals surface area contributed by atoms with Crippen molar-refractivity contribution in [1.82, 2.24) is 14.8 Å². The number of aromatic nitrogens is 1. The van der Waals surface area contributed by atoms with Crippen molar-refractivity contribution in [2.75, 3.05) is 39.0 Å². The number of nitrogens with one attached hydrogen (secondary N) is 1. The summed E-state index contributed by atoms with van der Waals surface area (Å²) < 4.78 is 0. The number of hydrogen-bond donors (Lipinski definition) is 1. The van der Waals surface area contributed by atoms with Crippen LogP contribution in [0.3, 0.4) is 0 Å². The van der Waals surface area contributed by atoms with E-state index < -0.39 is 0 Å². The molecule has 0 aliphatic carbocycles. The Morgan fingerprint density at radius 3 is 3.11 bits per heavy atom. The summed E-state index contributed by atoms with van der Waals surface area (Å²) in [6, 6.07) is 0.732. The van der Waals surface area contributed by atoms with E-state index >= 15 is 0 Å². The highest BCUT2D eigenvalue weighted by Crippen LogP contribution is 2.21. The van der Waals surface area contributed by atoms with Gasteiger partial charge in [0.25, 0.3) is 0 Å². The average Bonchev–Trinajstić information content (AvgIpc) is 2.97. The van der Waals surface area contributed by atoms with E-state index in [-0.39, 0.29) is 0 Å². The summed E-state index contributed by atoms with van der Waals surface area (Å²) in [4.78, 5) is 10.7. The summed E-state index contributed by atoms with van der Waals surface area (Å²) in [6.07, 6.45) is 5.84. The van der Waals surface area contributed by atoms with Crippen molar-refractivity contribution in [1.29, 1.82) is 0 Å². The van der Waals surface area contributed by atoms with E-state index in [2.05, 4.69) is 41.1 Å². The van der Waals surface area contributed by atoms with Crippen molar-refractivity contribution in [3.63, 3.8) is 0 Å². The molecule has 0 amide bonds. The van der Waals surface area contributed by atoms with Crippen LogP contribution in [0.2, 0.25) is 0 Å². The molecule has 0 aromatic carbocycles. The lowest BCUT2D eigenvalue weighted by Gasteiger charge is -2.25. The van der Waals surface area contributed by atoms with E-state index in [1.165, 1.54) is 24.3 Å². The van der Waals surface area contributed by atoms with Gasteiger partial charge in [0.1, 0.15) is 0 Å². The maximum atomic E-state index is 4.42. The largest absolute Gasteiger partial charge is 0.362 e. The van der Waals surface area contributed by atoms with Crippen LogP contribution in [-0.2, 0) is 6.54 Å². The summed E-state index contributed by atoms with van der Waals surface area (Å²) >= 11 is 1.78. The van der Waals surface area contributed by atoms with Crippen LogP contribution in [0.5, 0.6) is 0 Å². The highest BCUT2D eigenvalue weighted by atomic mass is 32.1. The van der Waals surface area contributed by atoms with Crippen LogP contribution in [-0.4, -0.2) is 54.6 Å². The molecular formula is C14H26N4S. The molecule has 1 aliphatic rings. The van der Waals surface area contributed by atoms with E-state index in [0.29, 0.717) is 0 Å².